The van der Waals surface area contributed by atoms with E-state index in [4.69, 9.17) is 10.6 Å². The smallest absolute Gasteiger partial charge is 0.166 e. The lowest BCUT2D eigenvalue weighted by atomic mass is 10.1. The van der Waals surface area contributed by atoms with Crippen molar-refractivity contribution in [2.45, 2.75) is 13.8 Å². The molecule has 0 bridgehead atoms. The fourth-order valence-corrected chi connectivity index (χ4v) is 3.14. The summed E-state index contributed by atoms with van der Waals surface area (Å²) in [4.78, 5) is 11.2. The van der Waals surface area contributed by atoms with Crippen LogP contribution in [-0.2, 0) is 0 Å². The first-order valence-electron chi connectivity index (χ1n) is 6.52. The molecule has 0 aliphatic heterocycles. The standard InChI is InChI=1S/C15H16N4OS/c1-8-4-5-10(12(6-8)20-3)13-17-14(19-16)11-7-9(2)21-15(11)18-13/h4-7H,16H2,1-3H3,(H,17,18,19). The summed E-state index contributed by atoms with van der Waals surface area (Å²) in [5.74, 6) is 7.59. The predicted molar refractivity (Wildman–Crippen MR) is 86.7 cm³/mol. The number of ether oxygens (including phenoxy) is 1. The Morgan fingerprint density at radius 1 is 1.19 bits per heavy atom. The van der Waals surface area contributed by atoms with Crippen LogP contribution in [0, 0.1) is 13.8 Å². The highest BCUT2D eigenvalue weighted by Gasteiger charge is 2.14. The van der Waals surface area contributed by atoms with Crippen molar-refractivity contribution in [2.24, 2.45) is 5.84 Å². The van der Waals surface area contributed by atoms with E-state index in [0.29, 0.717) is 11.6 Å². The number of aromatic nitrogens is 2. The molecule has 5 nitrogen and oxygen atoms in total. The molecular weight excluding hydrogens is 284 g/mol. The van der Waals surface area contributed by atoms with Gasteiger partial charge in [-0.2, -0.15) is 0 Å². The minimum Gasteiger partial charge on any atom is -0.496 e. The molecule has 0 fully saturated rings. The average molecular weight is 300 g/mol. The molecule has 6 heteroatoms. The Kier molecular flexibility index (Phi) is 3.48. The summed E-state index contributed by atoms with van der Waals surface area (Å²) in [6.45, 7) is 4.06. The Morgan fingerprint density at radius 2 is 2.00 bits per heavy atom. The Labute approximate surface area is 126 Å². The number of benzene rings is 1. The van der Waals surface area contributed by atoms with Gasteiger partial charge in [-0.05, 0) is 37.6 Å². The number of anilines is 1. The highest BCUT2D eigenvalue weighted by atomic mass is 32.1. The van der Waals surface area contributed by atoms with Crippen molar-refractivity contribution in [3.63, 3.8) is 0 Å². The van der Waals surface area contributed by atoms with Gasteiger partial charge in [0, 0.05) is 4.88 Å². The molecule has 1 aromatic carbocycles. The van der Waals surface area contributed by atoms with E-state index in [1.807, 2.05) is 38.1 Å². The van der Waals surface area contributed by atoms with E-state index in [2.05, 4.69) is 15.4 Å². The maximum absolute atomic E-state index is 5.60. The lowest BCUT2D eigenvalue weighted by Crippen LogP contribution is -2.10. The molecule has 21 heavy (non-hydrogen) atoms. The third kappa shape index (κ3) is 2.43. The van der Waals surface area contributed by atoms with Crippen molar-refractivity contribution in [1.82, 2.24) is 9.97 Å². The number of hydrogen-bond acceptors (Lipinski definition) is 6. The van der Waals surface area contributed by atoms with Crippen LogP contribution in [-0.4, -0.2) is 17.1 Å². The number of fused-ring (bicyclic) bond motifs is 1. The van der Waals surface area contributed by atoms with Crippen LogP contribution in [0.25, 0.3) is 21.6 Å². The maximum atomic E-state index is 5.60. The van der Waals surface area contributed by atoms with Crippen molar-refractivity contribution >= 4 is 27.4 Å². The number of rotatable bonds is 3. The first kappa shape index (κ1) is 13.8. The Balaban J connectivity index is 2.25. The van der Waals surface area contributed by atoms with E-state index >= 15 is 0 Å². The van der Waals surface area contributed by atoms with Gasteiger partial charge in [-0.15, -0.1) is 11.3 Å². The lowest BCUT2D eigenvalue weighted by Gasteiger charge is -2.10. The summed E-state index contributed by atoms with van der Waals surface area (Å²) in [5.41, 5.74) is 4.64. The summed E-state index contributed by atoms with van der Waals surface area (Å²) < 4.78 is 5.44. The van der Waals surface area contributed by atoms with Crippen LogP contribution < -0.4 is 16.0 Å². The Bertz CT molecular complexity index is 813. The second kappa shape index (κ2) is 5.31. The van der Waals surface area contributed by atoms with E-state index in [9.17, 15) is 0 Å². The first-order chi connectivity index (χ1) is 10.1. The number of hydrazine groups is 1. The highest BCUT2D eigenvalue weighted by Crippen LogP contribution is 2.34. The quantitative estimate of drug-likeness (QED) is 0.573. The van der Waals surface area contributed by atoms with Crippen LogP contribution in [0.5, 0.6) is 5.75 Å². The molecule has 0 unspecified atom stereocenters. The third-order valence-corrected chi connectivity index (χ3v) is 4.19. The summed E-state index contributed by atoms with van der Waals surface area (Å²) in [6, 6.07) is 7.99. The average Bonchev–Trinajstić information content (AvgIpc) is 2.86. The second-order valence-corrected chi connectivity index (χ2v) is 6.05. The third-order valence-electron chi connectivity index (χ3n) is 3.25. The molecule has 0 saturated heterocycles. The Morgan fingerprint density at radius 3 is 2.71 bits per heavy atom. The SMILES string of the molecule is COc1cc(C)ccc1-c1nc(NN)c2cc(C)sc2n1. The van der Waals surface area contributed by atoms with Gasteiger partial charge in [0.2, 0.25) is 0 Å². The molecule has 0 aliphatic carbocycles. The molecule has 2 aromatic heterocycles. The second-order valence-electron chi connectivity index (χ2n) is 4.82. The highest BCUT2D eigenvalue weighted by molar-refractivity contribution is 7.18. The number of methoxy groups -OCH3 is 1. The molecule has 0 atom stereocenters. The number of hydrogen-bond donors (Lipinski definition) is 2. The predicted octanol–water partition coefficient (Wildman–Crippen LogP) is 3.27. The van der Waals surface area contributed by atoms with E-state index in [1.54, 1.807) is 18.4 Å². The number of nitrogens with two attached hydrogens (primary N) is 1. The summed E-state index contributed by atoms with van der Waals surface area (Å²) in [7, 11) is 1.65. The molecular formula is C15H16N4OS. The number of nitrogens with one attached hydrogen (secondary N) is 1. The molecule has 3 N–H and O–H groups in total. The van der Waals surface area contributed by atoms with Gasteiger partial charge < -0.3 is 10.2 Å². The maximum Gasteiger partial charge on any atom is 0.166 e. The molecule has 0 spiro atoms. The molecule has 3 aromatic rings. The summed E-state index contributed by atoms with van der Waals surface area (Å²) in [6.07, 6.45) is 0. The molecule has 0 aliphatic rings. The number of nitrogens with zero attached hydrogens (tertiary/aromatic N) is 2. The van der Waals surface area contributed by atoms with Gasteiger partial charge in [0.25, 0.3) is 0 Å². The summed E-state index contributed by atoms with van der Waals surface area (Å²) >= 11 is 1.62. The molecule has 0 radical (unpaired) electrons. The van der Waals surface area contributed by atoms with Crippen molar-refractivity contribution < 1.29 is 4.74 Å². The van der Waals surface area contributed by atoms with Gasteiger partial charge >= 0.3 is 0 Å². The molecule has 0 saturated carbocycles. The molecule has 108 valence electrons. The van der Waals surface area contributed by atoms with Gasteiger partial charge in [0.15, 0.2) is 11.6 Å². The molecule has 3 rings (SSSR count). The van der Waals surface area contributed by atoms with Gasteiger partial charge in [-0.1, -0.05) is 6.07 Å². The van der Waals surface area contributed by atoms with Gasteiger partial charge in [-0.25, -0.2) is 15.8 Å². The van der Waals surface area contributed by atoms with Crippen LogP contribution in [0.4, 0.5) is 5.82 Å². The van der Waals surface area contributed by atoms with Crippen molar-refractivity contribution in [3.05, 3.63) is 34.7 Å². The lowest BCUT2D eigenvalue weighted by molar-refractivity contribution is 0.416. The van der Waals surface area contributed by atoms with Crippen LogP contribution in [0.15, 0.2) is 24.3 Å². The van der Waals surface area contributed by atoms with Crippen LogP contribution in [0.3, 0.4) is 0 Å². The van der Waals surface area contributed by atoms with Crippen LogP contribution >= 0.6 is 11.3 Å². The van der Waals surface area contributed by atoms with Gasteiger partial charge in [0.1, 0.15) is 10.6 Å². The number of aryl methyl sites for hydroxylation is 2. The van der Waals surface area contributed by atoms with Gasteiger partial charge in [-0.3, -0.25) is 0 Å². The first-order valence-corrected chi connectivity index (χ1v) is 7.34. The molecule has 0 amide bonds. The van der Waals surface area contributed by atoms with E-state index in [1.165, 1.54) is 4.88 Å². The minimum atomic E-state index is 0.606. The zero-order chi connectivity index (χ0) is 15.0. The van der Waals surface area contributed by atoms with E-state index in [-0.39, 0.29) is 0 Å². The zero-order valence-electron chi connectivity index (χ0n) is 12.1. The monoisotopic (exact) mass is 300 g/mol. The molecule has 2 heterocycles. The minimum absolute atomic E-state index is 0.606. The fourth-order valence-electron chi connectivity index (χ4n) is 2.26. The van der Waals surface area contributed by atoms with Crippen LogP contribution in [0.1, 0.15) is 10.4 Å². The van der Waals surface area contributed by atoms with E-state index < -0.39 is 0 Å². The van der Waals surface area contributed by atoms with Crippen molar-refractivity contribution in [1.29, 1.82) is 0 Å². The van der Waals surface area contributed by atoms with E-state index in [0.717, 1.165) is 27.1 Å². The number of nitrogen functional groups attached to an aromatic ring is 1. The largest absolute Gasteiger partial charge is 0.496 e. The zero-order valence-corrected chi connectivity index (χ0v) is 12.9. The van der Waals surface area contributed by atoms with Crippen molar-refractivity contribution in [2.75, 3.05) is 12.5 Å². The van der Waals surface area contributed by atoms with Crippen molar-refractivity contribution in [3.8, 4) is 17.1 Å². The topological polar surface area (TPSA) is 73.1 Å². The number of thiophene rings is 1. The normalized spacial score (nSPS) is 10.9. The fraction of sp³-hybridized carbons (Fsp3) is 0.200. The van der Waals surface area contributed by atoms with Gasteiger partial charge in [0.05, 0.1) is 18.1 Å². The Hall–Kier alpha value is -2.18. The summed E-state index contributed by atoms with van der Waals surface area (Å²) in [5, 5.41) is 0.940. The van der Waals surface area contributed by atoms with Crippen LogP contribution in [0.2, 0.25) is 0 Å².